The zero-order chi connectivity index (χ0) is 14.8. The molecule has 1 aromatic carbocycles. The van der Waals surface area contributed by atoms with Gasteiger partial charge in [-0.25, -0.2) is 8.78 Å². The Morgan fingerprint density at radius 1 is 1.45 bits per heavy atom. The standard InChI is InChI=1S/C14H15F2NO3/c1-14(13(15)16,7-12(18)19)17-8-10-6-9-4-2-3-5-11(9)20-10/h2-6,13,17H,7-8H2,1H3,(H,18,19). The van der Waals surface area contributed by atoms with Crippen molar-refractivity contribution in [2.75, 3.05) is 0 Å². The van der Waals surface area contributed by atoms with Crippen LogP contribution in [0.25, 0.3) is 11.0 Å². The Balaban J connectivity index is 2.10. The lowest BCUT2D eigenvalue weighted by atomic mass is 9.98. The highest BCUT2D eigenvalue weighted by Crippen LogP contribution is 2.23. The van der Waals surface area contributed by atoms with Gasteiger partial charge in [0.1, 0.15) is 11.3 Å². The summed E-state index contributed by atoms with van der Waals surface area (Å²) in [6.07, 6.45) is -3.45. The van der Waals surface area contributed by atoms with Crippen molar-refractivity contribution in [3.63, 3.8) is 0 Å². The van der Waals surface area contributed by atoms with Gasteiger partial charge in [0, 0.05) is 5.39 Å². The highest BCUT2D eigenvalue weighted by atomic mass is 19.3. The minimum Gasteiger partial charge on any atom is -0.481 e. The second kappa shape index (κ2) is 5.58. The number of para-hydroxylation sites is 1. The Bertz CT molecular complexity index is 578. The van der Waals surface area contributed by atoms with E-state index in [4.69, 9.17) is 9.52 Å². The van der Waals surface area contributed by atoms with Crippen molar-refractivity contribution >= 4 is 16.9 Å². The van der Waals surface area contributed by atoms with Crippen LogP contribution in [0.15, 0.2) is 34.7 Å². The molecule has 0 spiro atoms. The number of rotatable bonds is 6. The molecule has 1 heterocycles. The summed E-state index contributed by atoms with van der Waals surface area (Å²) in [5.74, 6) is -0.784. The van der Waals surface area contributed by atoms with E-state index in [9.17, 15) is 13.6 Å². The summed E-state index contributed by atoms with van der Waals surface area (Å²) in [4.78, 5) is 10.7. The first kappa shape index (κ1) is 14.5. The smallest absolute Gasteiger partial charge is 0.305 e. The molecule has 2 rings (SSSR count). The van der Waals surface area contributed by atoms with Crippen LogP contribution in [0.4, 0.5) is 8.78 Å². The molecule has 2 N–H and O–H groups in total. The van der Waals surface area contributed by atoms with E-state index >= 15 is 0 Å². The maximum absolute atomic E-state index is 13.0. The van der Waals surface area contributed by atoms with Crippen molar-refractivity contribution in [1.82, 2.24) is 5.32 Å². The van der Waals surface area contributed by atoms with Gasteiger partial charge in [-0.15, -0.1) is 0 Å². The molecule has 6 heteroatoms. The number of alkyl halides is 2. The van der Waals surface area contributed by atoms with E-state index in [1.54, 1.807) is 12.1 Å². The van der Waals surface area contributed by atoms with Crippen LogP contribution in [-0.2, 0) is 11.3 Å². The molecule has 1 atom stereocenters. The van der Waals surface area contributed by atoms with E-state index in [2.05, 4.69) is 5.32 Å². The lowest BCUT2D eigenvalue weighted by Crippen LogP contribution is -2.49. The third-order valence-electron chi connectivity index (χ3n) is 3.14. The molecule has 0 aliphatic rings. The largest absolute Gasteiger partial charge is 0.481 e. The molecule has 1 aromatic heterocycles. The van der Waals surface area contributed by atoms with E-state index in [-0.39, 0.29) is 6.54 Å². The summed E-state index contributed by atoms with van der Waals surface area (Å²) >= 11 is 0. The summed E-state index contributed by atoms with van der Waals surface area (Å²) in [5, 5.41) is 12.2. The number of nitrogens with one attached hydrogen (secondary N) is 1. The van der Waals surface area contributed by atoms with Gasteiger partial charge in [-0.3, -0.25) is 10.1 Å². The third kappa shape index (κ3) is 3.14. The molecule has 0 fully saturated rings. The number of carbonyl (C=O) groups is 1. The molecule has 0 amide bonds. The lowest BCUT2D eigenvalue weighted by molar-refractivity contribution is -0.140. The topological polar surface area (TPSA) is 62.5 Å². The van der Waals surface area contributed by atoms with Gasteiger partial charge in [0.15, 0.2) is 0 Å². The summed E-state index contributed by atoms with van der Waals surface area (Å²) in [6, 6.07) is 9.04. The number of hydrogen-bond donors (Lipinski definition) is 2. The molecule has 0 saturated carbocycles. The van der Waals surface area contributed by atoms with Gasteiger partial charge in [-0.2, -0.15) is 0 Å². The van der Waals surface area contributed by atoms with Crippen LogP contribution in [0.5, 0.6) is 0 Å². The third-order valence-corrected chi connectivity index (χ3v) is 3.14. The Labute approximate surface area is 114 Å². The van der Waals surface area contributed by atoms with Crippen LogP contribution >= 0.6 is 0 Å². The quantitative estimate of drug-likeness (QED) is 0.855. The highest BCUT2D eigenvalue weighted by molar-refractivity contribution is 5.77. The first-order valence-corrected chi connectivity index (χ1v) is 6.13. The second-order valence-corrected chi connectivity index (χ2v) is 4.89. The van der Waals surface area contributed by atoms with Gasteiger partial charge in [0.25, 0.3) is 6.43 Å². The van der Waals surface area contributed by atoms with Crippen molar-refractivity contribution in [3.8, 4) is 0 Å². The predicted molar refractivity (Wildman–Crippen MR) is 69.7 cm³/mol. The fourth-order valence-electron chi connectivity index (χ4n) is 1.94. The van der Waals surface area contributed by atoms with Gasteiger partial charge in [0.2, 0.25) is 0 Å². The molecular formula is C14H15F2NO3. The molecule has 0 saturated heterocycles. The van der Waals surface area contributed by atoms with Gasteiger partial charge < -0.3 is 9.52 Å². The van der Waals surface area contributed by atoms with Crippen molar-refractivity contribution in [1.29, 1.82) is 0 Å². The van der Waals surface area contributed by atoms with Gasteiger partial charge >= 0.3 is 5.97 Å². The normalized spacial score (nSPS) is 14.6. The first-order valence-electron chi connectivity index (χ1n) is 6.13. The first-order chi connectivity index (χ1) is 9.40. The molecule has 108 valence electrons. The summed E-state index contributed by atoms with van der Waals surface area (Å²) < 4.78 is 31.5. The van der Waals surface area contributed by atoms with E-state index in [1.807, 2.05) is 18.2 Å². The summed E-state index contributed by atoms with van der Waals surface area (Å²) in [5.41, 5.74) is -1.12. The monoisotopic (exact) mass is 283 g/mol. The molecule has 0 aliphatic heterocycles. The van der Waals surface area contributed by atoms with Crippen molar-refractivity contribution in [3.05, 3.63) is 36.1 Å². The molecule has 0 aliphatic carbocycles. The van der Waals surface area contributed by atoms with Crippen molar-refractivity contribution in [2.45, 2.75) is 31.9 Å². The number of carboxylic acid groups (broad SMARTS) is 1. The van der Waals surface area contributed by atoms with Crippen LogP contribution in [0, 0.1) is 0 Å². The Hall–Kier alpha value is -1.95. The maximum atomic E-state index is 13.0. The van der Waals surface area contributed by atoms with Gasteiger partial charge in [-0.1, -0.05) is 18.2 Å². The summed E-state index contributed by atoms with van der Waals surface area (Å²) in [6.45, 7) is 1.23. The zero-order valence-electron chi connectivity index (χ0n) is 10.9. The number of fused-ring (bicyclic) bond motifs is 1. The predicted octanol–water partition coefficient (Wildman–Crippen LogP) is 3.02. The highest BCUT2D eigenvalue weighted by Gasteiger charge is 2.37. The van der Waals surface area contributed by atoms with E-state index < -0.39 is 24.4 Å². The van der Waals surface area contributed by atoms with E-state index in [0.29, 0.717) is 11.3 Å². The number of aliphatic carboxylic acids is 1. The average molecular weight is 283 g/mol. The molecule has 0 radical (unpaired) electrons. The summed E-state index contributed by atoms with van der Waals surface area (Å²) in [7, 11) is 0. The van der Waals surface area contributed by atoms with Gasteiger partial charge in [0.05, 0.1) is 18.5 Å². The molecule has 4 nitrogen and oxygen atoms in total. The molecule has 20 heavy (non-hydrogen) atoms. The van der Waals surface area contributed by atoms with Crippen molar-refractivity contribution in [2.24, 2.45) is 0 Å². The number of hydrogen-bond acceptors (Lipinski definition) is 3. The molecular weight excluding hydrogens is 268 g/mol. The SMILES string of the molecule is CC(CC(=O)O)(NCc1cc2ccccc2o1)C(F)F. The number of benzene rings is 1. The molecule has 2 aromatic rings. The van der Waals surface area contributed by atoms with Crippen molar-refractivity contribution < 1.29 is 23.1 Å². The van der Waals surface area contributed by atoms with Gasteiger partial charge in [-0.05, 0) is 19.1 Å². The van der Waals surface area contributed by atoms with E-state index in [0.717, 1.165) is 5.39 Å². The van der Waals surface area contributed by atoms with Crippen LogP contribution < -0.4 is 5.32 Å². The second-order valence-electron chi connectivity index (χ2n) is 4.89. The Kier molecular flexibility index (Phi) is 4.04. The number of halogens is 2. The van der Waals surface area contributed by atoms with E-state index in [1.165, 1.54) is 6.92 Å². The minimum atomic E-state index is -2.79. The lowest BCUT2D eigenvalue weighted by Gasteiger charge is -2.27. The molecule has 0 bridgehead atoms. The van der Waals surface area contributed by atoms with Crippen LogP contribution in [0.1, 0.15) is 19.1 Å². The minimum absolute atomic E-state index is 0.0444. The van der Waals surface area contributed by atoms with Crippen LogP contribution in [-0.4, -0.2) is 23.0 Å². The maximum Gasteiger partial charge on any atom is 0.305 e. The molecule has 1 unspecified atom stereocenters. The number of furan rings is 1. The van der Waals surface area contributed by atoms with Crippen LogP contribution in [0.2, 0.25) is 0 Å². The Morgan fingerprint density at radius 3 is 2.75 bits per heavy atom. The number of carboxylic acids is 1. The fraction of sp³-hybridized carbons (Fsp3) is 0.357. The Morgan fingerprint density at radius 2 is 2.15 bits per heavy atom. The van der Waals surface area contributed by atoms with Crippen LogP contribution in [0.3, 0.4) is 0 Å². The average Bonchev–Trinajstić information content (AvgIpc) is 2.78. The zero-order valence-corrected chi connectivity index (χ0v) is 10.9. The fourth-order valence-corrected chi connectivity index (χ4v) is 1.94.